The quantitative estimate of drug-likeness (QED) is 0.652. The lowest BCUT2D eigenvalue weighted by atomic mass is 9.97. The zero-order valence-electron chi connectivity index (χ0n) is 19.3. The van der Waals surface area contributed by atoms with E-state index in [1.54, 1.807) is 13.1 Å². The summed E-state index contributed by atoms with van der Waals surface area (Å²) in [6.45, 7) is 8.63. The van der Waals surface area contributed by atoms with Gasteiger partial charge in [-0.3, -0.25) is 14.6 Å². The van der Waals surface area contributed by atoms with Crippen molar-refractivity contribution in [2.24, 2.45) is 0 Å². The SMILES string of the molecule is CC(=O)N1CCN(c2ccc(NC(=O)Cc3ccc(-c4ccnc(C)c4)c(C)c3)nc2)CC1. The van der Waals surface area contributed by atoms with Gasteiger partial charge in [-0.25, -0.2) is 4.98 Å². The summed E-state index contributed by atoms with van der Waals surface area (Å²) in [4.78, 5) is 36.8. The van der Waals surface area contributed by atoms with Crippen molar-refractivity contribution in [1.82, 2.24) is 14.9 Å². The second-order valence-corrected chi connectivity index (χ2v) is 8.45. The van der Waals surface area contributed by atoms with Crippen LogP contribution >= 0.6 is 0 Å². The van der Waals surface area contributed by atoms with Crippen molar-refractivity contribution in [2.75, 3.05) is 36.4 Å². The number of piperazine rings is 1. The smallest absolute Gasteiger partial charge is 0.229 e. The van der Waals surface area contributed by atoms with Crippen molar-refractivity contribution in [2.45, 2.75) is 27.2 Å². The molecule has 0 atom stereocenters. The van der Waals surface area contributed by atoms with Crippen molar-refractivity contribution in [3.8, 4) is 11.1 Å². The summed E-state index contributed by atoms with van der Waals surface area (Å²) in [5.74, 6) is 0.548. The molecular weight excluding hydrogens is 414 g/mol. The van der Waals surface area contributed by atoms with Crippen LogP contribution in [0.15, 0.2) is 54.9 Å². The van der Waals surface area contributed by atoms with Gasteiger partial charge in [0.1, 0.15) is 5.82 Å². The number of hydrogen-bond acceptors (Lipinski definition) is 5. The third-order valence-corrected chi connectivity index (χ3v) is 5.97. The number of carbonyl (C=O) groups is 2. The molecule has 0 spiro atoms. The molecule has 3 heterocycles. The second kappa shape index (κ2) is 9.81. The molecule has 7 nitrogen and oxygen atoms in total. The van der Waals surface area contributed by atoms with E-state index in [4.69, 9.17) is 0 Å². The van der Waals surface area contributed by atoms with Crippen LogP contribution in [0.1, 0.15) is 23.7 Å². The standard InChI is InChI=1S/C26H29N5O2/c1-18-14-21(4-6-24(18)22-8-9-27-19(2)15-22)16-26(33)29-25-7-5-23(17-28-25)31-12-10-30(11-13-31)20(3)32/h4-9,14-15,17H,10-13,16H2,1-3H3,(H,28,29,33). The molecule has 1 aromatic carbocycles. The van der Waals surface area contributed by atoms with Crippen LogP contribution in [-0.4, -0.2) is 52.9 Å². The van der Waals surface area contributed by atoms with Gasteiger partial charge in [-0.2, -0.15) is 0 Å². The average Bonchev–Trinajstić information content (AvgIpc) is 2.79. The first kappa shape index (κ1) is 22.5. The molecule has 0 bridgehead atoms. The molecule has 33 heavy (non-hydrogen) atoms. The van der Waals surface area contributed by atoms with Crippen molar-refractivity contribution in [3.05, 3.63) is 71.7 Å². The molecule has 1 N–H and O–H groups in total. The van der Waals surface area contributed by atoms with E-state index in [0.717, 1.165) is 46.7 Å². The molecular formula is C26H29N5O2. The topological polar surface area (TPSA) is 78.4 Å². The van der Waals surface area contributed by atoms with E-state index in [1.165, 1.54) is 0 Å². The molecule has 1 fully saturated rings. The first-order valence-corrected chi connectivity index (χ1v) is 11.2. The van der Waals surface area contributed by atoms with Crippen LogP contribution in [0.4, 0.5) is 11.5 Å². The summed E-state index contributed by atoms with van der Waals surface area (Å²) in [7, 11) is 0. The predicted octanol–water partition coefficient (Wildman–Crippen LogP) is 3.61. The first-order chi connectivity index (χ1) is 15.9. The van der Waals surface area contributed by atoms with E-state index >= 15 is 0 Å². The van der Waals surface area contributed by atoms with E-state index < -0.39 is 0 Å². The molecule has 7 heteroatoms. The number of pyridine rings is 2. The Labute approximate surface area is 194 Å². The van der Waals surface area contributed by atoms with E-state index in [2.05, 4.69) is 45.3 Å². The van der Waals surface area contributed by atoms with Gasteiger partial charge in [0, 0.05) is 45.0 Å². The Hall–Kier alpha value is -3.74. The van der Waals surface area contributed by atoms with E-state index in [0.29, 0.717) is 18.9 Å². The molecule has 2 amide bonds. The number of nitrogens with one attached hydrogen (secondary N) is 1. The molecule has 0 radical (unpaired) electrons. The number of anilines is 2. The largest absolute Gasteiger partial charge is 0.367 e. The fourth-order valence-electron chi connectivity index (χ4n) is 4.17. The zero-order chi connectivity index (χ0) is 23.4. The van der Waals surface area contributed by atoms with Crippen molar-refractivity contribution in [3.63, 3.8) is 0 Å². The molecule has 2 aromatic heterocycles. The Bertz CT molecular complexity index is 1150. The lowest BCUT2D eigenvalue weighted by molar-refractivity contribution is -0.129. The van der Waals surface area contributed by atoms with Gasteiger partial charge in [-0.05, 0) is 60.4 Å². The molecule has 1 aliphatic rings. The lowest BCUT2D eigenvalue weighted by Crippen LogP contribution is -2.48. The first-order valence-electron chi connectivity index (χ1n) is 11.2. The van der Waals surface area contributed by atoms with Gasteiger partial charge in [0.15, 0.2) is 0 Å². The monoisotopic (exact) mass is 443 g/mol. The summed E-state index contributed by atoms with van der Waals surface area (Å²) in [5, 5.41) is 2.89. The van der Waals surface area contributed by atoms with Gasteiger partial charge in [0.2, 0.25) is 11.8 Å². The van der Waals surface area contributed by atoms with Crippen molar-refractivity contribution < 1.29 is 9.59 Å². The molecule has 0 aliphatic carbocycles. The van der Waals surface area contributed by atoms with Crippen LogP contribution in [0.5, 0.6) is 0 Å². The molecule has 1 aliphatic heterocycles. The normalized spacial score (nSPS) is 13.7. The van der Waals surface area contributed by atoms with Crippen LogP contribution < -0.4 is 10.2 Å². The number of nitrogens with zero attached hydrogens (tertiary/aromatic N) is 4. The minimum absolute atomic E-state index is 0.0998. The summed E-state index contributed by atoms with van der Waals surface area (Å²) in [5.41, 5.74) is 6.33. The van der Waals surface area contributed by atoms with Crippen LogP contribution in [0.3, 0.4) is 0 Å². The highest BCUT2D eigenvalue weighted by Gasteiger charge is 2.19. The van der Waals surface area contributed by atoms with Crippen LogP contribution in [0.25, 0.3) is 11.1 Å². The minimum Gasteiger partial charge on any atom is -0.367 e. The molecule has 1 saturated heterocycles. The molecule has 170 valence electrons. The summed E-state index contributed by atoms with van der Waals surface area (Å²) >= 11 is 0. The minimum atomic E-state index is -0.0998. The van der Waals surface area contributed by atoms with Gasteiger partial charge in [-0.15, -0.1) is 0 Å². The maximum atomic E-state index is 12.6. The number of amides is 2. The Morgan fingerprint density at radius 2 is 1.76 bits per heavy atom. The van der Waals surface area contributed by atoms with Gasteiger partial charge in [-0.1, -0.05) is 18.2 Å². The Kier molecular flexibility index (Phi) is 6.68. The van der Waals surface area contributed by atoms with Crippen molar-refractivity contribution >= 4 is 23.3 Å². The molecule has 0 unspecified atom stereocenters. The number of benzene rings is 1. The van der Waals surface area contributed by atoms with Gasteiger partial charge in [0.25, 0.3) is 0 Å². The van der Waals surface area contributed by atoms with E-state index in [1.807, 2.05) is 42.3 Å². The number of aromatic nitrogens is 2. The van der Waals surface area contributed by atoms with E-state index in [-0.39, 0.29) is 18.2 Å². The number of carbonyl (C=O) groups excluding carboxylic acids is 2. The zero-order valence-corrected chi connectivity index (χ0v) is 19.3. The highest BCUT2D eigenvalue weighted by molar-refractivity contribution is 5.91. The predicted molar refractivity (Wildman–Crippen MR) is 130 cm³/mol. The summed E-state index contributed by atoms with van der Waals surface area (Å²) < 4.78 is 0. The Morgan fingerprint density at radius 3 is 2.39 bits per heavy atom. The number of aryl methyl sites for hydroxylation is 2. The second-order valence-electron chi connectivity index (χ2n) is 8.45. The summed E-state index contributed by atoms with van der Waals surface area (Å²) in [6, 6.07) is 14.0. The third kappa shape index (κ3) is 5.55. The van der Waals surface area contributed by atoms with Crippen molar-refractivity contribution in [1.29, 1.82) is 0 Å². The fourth-order valence-corrected chi connectivity index (χ4v) is 4.17. The maximum Gasteiger partial charge on any atom is 0.229 e. The number of rotatable bonds is 5. The lowest BCUT2D eigenvalue weighted by Gasteiger charge is -2.35. The highest BCUT2D eigenvalue weighted by atomic mass is 16.2. The van der Waals surface area contributed by atoms with Crippen LogP contribution in [0, 0.1) is 13.8 Å². The van der Waals surface area contributed by atoms with Crippen LogP contribution in [0.2, 0.25) is 0 Å². The Balaban J connectivity index is 1.34. The highest BCUT2D eigenvalue weighted by Crippen LogP contribution is 2.25. The molecule has 3 aromatic rings. The van der Waals surface area contributed by atoms with Gasteiger partial charge >= 0.3 is 0 Å². The third-order valence-electron chi connectivity index (χ3n) is 5.97. The Morgan fingerprint density at radius 1 is 0.970 bits per heavy atom. The van der Waals surface area contributed by atoms with E-state index in [9.17, 15) is 9.59 Å². The van der Waals surface area contributed by atoms with Gasteiger partial charge in [0.05, 0.1) is 18.3 Å². The maximum absolute atomic E-state index is 12.6. The summed E-state index contributed by atoms with van der Waals surface area (Å²) in [6.07, 6.45) is 3.87. The van der Waals surface area contributed by atoms with Crippen LogP contribution in [-0.2, 0) is 16.0 Å². The fraction of sp³-hybridized carbons (Fsp3) is 0.308. The number of hydrogen-bond donors (Lipinski definition) is 1. The molecule has 4 rings (SSSR count). The molecule has 0 saturated carbocycles. The average molecular weight is 444 g/mol. The van der Waals surface area contributed by atoms with Gasteiger partial charge < -0.3 is 15.1 Å².